The molecular weight excluding hydrogens is 322 g/mol. The van der Waals surface area contributed by atoms with E-state index in [9.17, 15) is 13.3 Å². The maximum absolute atomic E-state index is 12.7. The minimum Gasteiger partial charge on any atom is -0.598 e. The summed E-state index contributed by atoms with van der Waals surface area (Å²) in [7, 11) is 0. The first kappa shape index (κ1) is 18.4. The van der Waals surface area contributed by atoms with Crippen LogP contribution in [0.4, 0.5) is 8.78 Å². The standard InChI is InChI=1S/C16H24F2N2O2S/c1-11(20-23(21)15(2,3)4)13-5-6-14(19-9-13)22-10-12-7-16(17,18)8-12/h5-6,9,11-12,20H,7-8,10H2,1-4H3/t11-,23?/m1/s1. The number of rotatable bonds is 6. The van der Waals surface area contributed by atoms with Crippen LogP contribution < -0.4 is 9.46 Å². The Balaban J connectivity index is 1.82. The van der Waals surface area contributed by atoms with Crippen LogP contribution in [-0.2, 0) is 11.4 Å². The predicted octanol–water partition coefficient (Wildman–Crippen LogP) is 3.62. The number of halogens is 2. The van der Waals surface area contributed by atoms with Crippen molar-refractivity contribution in [2.45, 2.75) is 57.2 Å². The number of alkyl halides is 2. The van der Waals surface area contributed by atoms with Crippen molar-refractivity contribution in [1.29, 1.82) is 0 Å². The van der Waals surface area contributed by atoms with Crippen LogP contribution in [0.3, 0.4) is 0 Å². The van der Waals surface area contributed by atoms with Crippen molar-refractivity contribution < 1.29 is 18.1 Å². The molecule has 1 N–H and O–H groups in total. The molecule has 0 bridgehead atoms. The summed E-state index contributed by atoms with van der Waals surface area (Å²) >= 11 is -1.16. The molecule has 1 saturated carbocycles. The first-order chi connectivity index (χ1) is 10.6. The molecular formula is C16H24F2N2O2S. The number of nitrogens with zero attached hydrogens (tertiary/aromatic N) is 1. The fourth-order valence-electron chi connectivity index (χ4n) is 2.24. The monoisotopic (exact) mass is 346 g/mol. The van der Waals surface area contributed by atoms with Gasteiger partial charge in [0.1, 0.15) is 4.75 Å². The third-order valence-electron chi connectivity index (χ3n) is 3.74. The average Bonchev–Trinajstić information content (AvgIpc) is 2.42. The van der Waals surface area contributed by atoms with Crippen LogP contribution in [0.2, 0.25) is 0 Å². The highest BCUT2D eigenvalue weighted by Gasteiger charge is 2.45. The second-order valence-corrected chi connectivity index (χ2v) is 9.09. The SMILES string of the molecule is C[C@@H](N[S+]([O-])C(C)(C)C)c1ccc(OCC2CC(F)(F)C2)nc1. The van der Waals surface area contributed by atoms with Gasteiger partial charge in [0.25, 0.3) is 0 Å². The molecule has 1 heterocycles. The Morgan fingerprint density at radius 1 is 1.43 bits per heavy atom. The molecule has 0 aliphatic heterocycles. The van der Waals surface area contributed by atoms with E-state index in [1.54, 1.807) is 12.3 Å². The molecule has 2 rings (SSSR count). The Labute approximate surface area is 139 Å². The first-order valence-electron chi connectivity index (χ1n) is 7.71. The normalized spacial score (nSPS) is 20.7. The zero-order chi connectivity index (χ0) is 17.3. The fraction of sp³-hybridized carbons (Fsp3) is 0.688. The molecule has 130 valence electrons. The second kappa shape index (κ2) is 6.91. The molecule has 4 nitrogen and oxygen atoms in total. The van der Waals surface area contributed by atoms with E-state index in [0.717, 1.165) is 5.56 Å². The van der Waals surface area contributed by atoms with Gasteiger partial charge < -0.3 is 9.29 Å². The van der Waals surface area contributed by atoms with Crippen molar-refractivity contribution in [3.8, 4) is 5.88 Å². The van der Waals surface area contributed by atoms with Crippen molar-refractivity contribution >= 4 is 11.4 Å². The molecule has 1 aliphatic rings. The van der Waals surface area contributed by atoms with Crippen LogP contribution in [0.1, 0.15) is 52.1 Å². The van der Waals surface area contributed by atoms with Crippen LogP contribution in [0.25, 0.3) is 0 Å². The summed E-state index contributed by atoms with van der Waals surface area (Å²) < 4.78 is 45.7. The van der Waals surface area contributed by atoms with Crippen molar-refractivity contribution in [3.63, 3.8) is 0 Å². The van der Waals surface area contributed by atoms with Crippen molar-refractivity contribution in [1.82, 2.24) is 9.71 Å². The van der Waals surface area contributed by atoms with Gasteiger partial charge in [-0.05, 0) is 33.3 Å². The summed E-state index contributed by atoms with van der Waals surface area (Å²) in [4.78, 5) is 4.19. The smallest absolute Gasteiger partial charge is 0.248 e. The van der Waals surface area contributed by atoms with E-state index in [1.807, 2.05) is 33.8 Å². The summed E-state index contributed by atoms with van der Waals surface area (Å²) in [5, 5.41) is 0. The van der Waals surface area contributed by atoms with Gasteiger partial charge in [0.05, 0.1) is 12.6 Å². The highest BCUT2D eigenvalue weighted by Crippen LogP contribution is 2.42. The quantitative estimate of drug-likeness (QED) is 0.799. The van der Waals surface area contributed by atoms with Crippen LogP contribution >= 0.6 is 0 Å². The van der Waals surface area contributed by atoms with E-state index in [4.69, 9.17) is 4.74 Å². The predicted molar refractivity (Wildman–Crippen MR) is 86.8 cm³/mol. The minimum absolute atomic E-state index is 0.0960. The van der Waals surface area contributed by atoms with Gasteiger partial charge in [-0.2, -0.15) is 0 Å². The second-order valence-electron chi connectivity index (χ2n) is 7.09. The number of pyridine rings is 1. The van der Waals surface area contributed by atoms with Gasteiger partial charge in [-0.1, -0.05) is 6.07 Å². The lowest BCUT2D eigenvalue weighted by Gasteiger charge is -2.34. The van der Waals surface area contributed by atoms with Crippen molar-refractivity contribution in [2.75, 3.05) is 6.61 Å². The van der Waals surface area contributed by atoms with Crippen molar-refractivity contribution in [3.05, 3.63) is 23.9 Å². The molecule has 2 atom stereocenters. The summed E-state index contributed by atoms with van der Waals surface area (Å²) in [5.74, 6) is -2.19. The fourth-order valence-corrected chi connectivity index (χ4v) is 3.06. The van der Waals surface area contributed by atoms with Crippen LogP contribution in [0.15, 0.2) is 18.3 Å². The molecule has 1 unspecified atom stereocenters. The largest absolute Gasteiger partial charge is 0.598 e. The van der Waals surface area contributed by atoms with Gasteiger partial charge in [-0.15, -0.1) is 4.72 Å². The molecule has 0 spiro atoms. The maximum atomic E-state index is 12.7. The molecule has 1 aliphatic carbocycles. The van der Waals surface area contributed by atoms with E-state index in [0.29, 0.717) is 5.88 Å². The van der Waals surface area contributed by atoms with Crippen LogP contribution in [0, 0.1) is 5.92 Å². The van der Waals surface area contributed by atoms with E-state index in [2.05, 4.69) is 9.71 Å². The lowest BCUT2D eigenvalue weighted by Crippen LogP contribution is -2.40. The van der Waals surface area contributed by atoms with Crippen LogP contribution in [-0.4, -0.2) is 26.8 Å². The topological polar surface area (TPSA) is 57.2 Å². The number of ether oxygens (including phenoxy) is 1. The molecule has 23 heavy (non-hydrogen) atoms. The maximum Gasteiger partial charge on any atom is 0.248 e. The Bertz CT molecular complexity index is 512. The van der Waals surface area contributed by atoms with Gasteiger partial charge >= 0.3 is 0 Å². The molecule has 1 aromatic heterocycles. The third-order valence-corrected chi connectivity index (χ3v) is 5.42. The van der Waals surface area contributed by atoms with Crippen molar-refractivity contribution in [2.24, 2.45) is 5.92 Å². The molecule has 1 fully saturated rings. The molecule has 1 aromatic rings. The highest BCUT2D eigenvalue weighted by molar-refractivity contribution is 7.90. The van der Waals surface area contributed by atoms with Gasteiger partial charge in [-0.25, -0.2) is 13.8 Å². The Morgan fingerprint density at radius 3 is 2.57 bits per heavy atom. The zero-order valence-corrected chi connectivity index (χ0v) is 14.8. The molecule has 0 amide bonds. The van der Waals surface area contributed by atoms with E-state index in [1.165, 1.54) is 0 Å². The summed E-state index contributed by atoms with van der Waals surface area (Å²) in [5.41, 5.74) is 0.894. The summed E-state index contributed by atoms with van der Waals surface area (Å²) in [6.07, 6.45) is 1.44. The summed E-state index contributed by atoms with van der Waals surface area (Å²) in [6, 6.07) is 3.45. The molecule has 0 saturated heterocycles. The van der Waals surface area contributed by atoms with Gasteiger partial charge in [0.2, 0.25) is 11.8 Å². The number of hydrogen-bond acceptors (Lipinski definition) is 4. The Kier molecular flexibility index (Phi) is 5.53. The average molecular weight is 346 g/mol. The number of nitrogens with one attached hydrogen (secondary N) is 1. The van der Waals surface area contributed by atoms with Gasteiger partial charge in [0, 0.05) is 42.4 Å². The Morgan fingerprint density at radius 2 is 2.09 bits per heavy atom. The van der Waals surface area contributed by atoms with E-state index < -0.39 is 17.3 Å². The molecule has 7 heteroatoms. The zero-order valence-electron chi connectivity index (χ0n) is 13.9. The first-order valence-corrected chi connectivity index (χ1v) is 8.86. The lowest BCUT2D eigenvalue weighted by molar-refractivity contribution is -0.119. The summed E-state index contributed by atoms with van der Waals surface area (Å²) in [6.45, 7) is 7.90. The third kappa shape index (κ3) is 5.29. The highest BCUT2D eigenvalue weighted by atomic mass is 32.2. The molecule has 0 radical (unpaired) electrons. The number of aromatic nitrogens is 1. The van der Waals surface area contributed by atoms with Gasteiger partial charge in [-0.3, -0.25) is 0 Å². The van der Waals surface area contributed by atoms with Crippen LogP contribution in [0.5, 0.6) is 5.88 Å². The number of hydrogen-bond donors (Lipinski definition) is 1. The van der Waals surface area contributed by atoms with Gasteiger partial charge in [0.15, 0.2) is 0 Å². The van der Waals surface area contributed by atoms with E-state index in [-0.39, 0.29) is 36.2 Å². The molecule has 0 aromatic carbocycles. The Hall–Kier alpha value is -0.920. The lowest BCUT2D eigenvalue weighted by atomic mass is 9.82. The van der Waals surface area contributed by atoms with E-state index >= 15 is 0 Å². The minimum atomic E-state index is -2.52.